The summed E-state index contributed by atoms with van der Waals surface area (Å²) in [4.78, 5) is 105. The van der Waals surface area contributed by atoms with Crippen LogP contribution in [0.1, 0.15) is 78.1 Å². The molecule has 0 amide bonds. The van der Waals surface area contributed by atoms with E-state index in [1.807, 2.05) is 23.0 Å². The number of hydrogen-bond acceptors (Lipinski definition) is 27. The minimum Gasteiger partial charge on any atom is -0.369 e. The van der Waals surface area contributed by atoms with Crippen molar-refractivity contribution in [3.63, 3.8) is 0 Å². The lowest BCUT2D eigenvalue weighted by Gasteiger charge is -2.43. The fourth-order valence-electron chi connectivity index (χ4n) is 16.3. The number of piperidine rings is 2. The zero-order chi connectivity index (χ0) is 77.2. The minimum atomic E-state index is -0.402. The second kappa shape index (κ2) is 34.8. The first kappa shape index (κ1) is 76.5. The lowest BCUT2D eigenvalue weighted by Crippen LogP contribution is -2.61. The number of aromatic nitrogens is 12. The maximum atomic E-state index is 14.4. The number of nitriles is 2. The van der Waals surface area contributed by atoms with Crippen LogP contribution in [0.15, 0.2) is 106 Å². The van der Waals surface area contributed by atoms with Crippen LogP contribution in [0, 0.1) is 34.5 Å². The quantitative estimate of drug-likeness (QED) is 0.0346. The van der Waals surface area contributed by atoms with Crippen LogP contribution in [0.25, 0.3) is 32.7 Å². The van der Waals surface area contributed by atoms with Gasteiger partial charge < -0.3 is 50.2 Å². The summed E-state index contributed by atoms with van der Waals surface area (Å²) in [7, 11) is 6.32. The number of H-pyrrole nitrogens is 3. The van der Waals surface area contributed by atoms with E-state index in [1.54, 1.807) is 12.4 Å². The second-order valence-corrected chi connectivity index (χ2v) is 31.8. The number of aromatic amines is 3. The largest absolute Gasteiger partial charge is 0.369 e. The lowest BCUT2D eigenvalue weighted by molar-refractivity contribution is -0.936. The number of nitrogens with zero attached hydrogens (tertiary/aromatic N) is 22. The van der Waals surface area contributed by atoms with Crippen molar-refractivity contribution in [2.75, 3.05) is 217 Å². The number of benzene rings is 3. The van der Waals surface area contributed by atoms with Gasteiger partial charge in [0.1, 0.15) is 49.5 Å². The maximum Gasteiger partial charge on any atom is 0.315 e. The van der Waals surface area contributed by atoms with E-state index < -0.39 is 5.54 Å². The van der Waals surface area contributed by atoms with Crippen molar-refractivity contribution in [2.45, 2.75) is 90.3 Å². The van der Waals surface area contributed by atoms with Crippen LogP contribution in [0.5, 0.6) is 0 Å². The average Bonchev–Trinajstić information content (AvgIpc) is 0.864. The molecule has 3 aromatic carbocycles. The first-order valence-corrected chi connectivity index (χ1v) is 40.0. The van der Waals surface area contributed by atoms with E-state index in [0.717, 1.165) is 224 Å². The summed E-state index contributed by atoms with van der Waals surface area (Å²) < 4.78 is 1.83. The zero-order valence-corrected chi connectivity index (χ0v) is 65.3. The van der Waals surface area contributed by atoms with Crippen molar-refractivity contribution >= 4 is 102 Å². The molecule has 6 N–H and O–H groups in total. The molecule has 0 unspecified atom stereocenters. The van der Waals surface area contributed by atoms with Gasteiger partial charge in [-0.25, -0.2) is 29.8 Å². The smallest absolute Gasteiger partial charge is 0.315 e. The summed E-state index contributed by atoms with van der Waals surface area (Å²) in [5.41, 5.74) is 5.87. The molecule has 0 aliphatic carbocycles. The number of rotatable bonds is 26. The second-order valence-electron chi connectivity index (χ2n) is 31.8. The molecule has 32 heteroatoms. The monoisotopic (exact) mass is 1520 g/mol. The van der Waals surface area contributed by atoms with Crippen LogP contribution in [0.3, 0.4) is 0 Å². The molecule has 6 aliphatic rings. The highest BCUT2D eigenvalue weighted by Gasteiger charge is 2.35. The Morgan fingerprint density at radius 1 is 0.491 bits per heavy atom. The van der Waals surface area contributed by atoms with Gasteiger partial charge in [-0.1, -0.05) is 22.6 Å². The topological polar surface area (TPSA) is 325 Å². The van der Waals surface area contributed by atoms with Crippen LogP contribution in [-0.2, 0) is 6.67 Å². The molecule has 12 heterocycles. The van der Waals surface area contributed by atoms with E-state index in [9.17, 15) is 24.9 Å². The first-order valence-electron chi connectivity index (χ1n) is 40.0. The molecule has 0 radical (unpaired) electrons. The third-order valence-electron chi connectivity index (χ3n) is 23.2. The molecule has 6 saturated heterocycles. The predicted molar refractivity (Wildman–Crippen MR) is 437 cm³/mol. The van der Waals surface area contributed by atoms with Crippen molar-refractivity contribution in [1.82, 2.24) is 74.8 Å². The molecule has 588 valence electrons. The Kier molecular flexibility index (Phi) is 23.8. The van der Waals surface area contributed by atoms with Crippen molar-refractivity contribution in [3.05, 3.63) is 122 Å². The van der Waals surface area contributed by atoms with E-state index in [2.05, 4.69) is 198 Å². The summed E-state index contributed by atoms with van der Waals surface area (Å²) in [5, 5.41) is 42.8. The van der Waals surface area contributed by atoms with E-state index in [1.165, 1.54) is 10.5 Å². The Bertz CT molecular complexity index is 4980. The van der Waals surface area contributed by atoms with E-state index >= 15 is 0 Å². The fourth-order valence-corrected chi connectivity index (χ4v) is 16.3. The Labute approximate surface area is 652 Å². The summed E-state index contributed by atoms with van der Waals surface area (Å²) in [5.74, 6) is 3.69. The number of anilines is 12. The van der Waals surface area contributed by atoms with Gasteiger partial charge >= 0.3 is 11.1 Å². The van der Waals surface area contributed by atoms with Gasteiger partial charge in [0.2, 0.25) is 30.7 Å². The van der Waals surface area contributed by atoms with Gasteiger partial charge in [0.25, 0.3) is 11.8 Å². The fraction of sp³-hybridized carbons (Fsp3) is 0.525. The van der Waals surface area contributed by atoms with E-state index in [4.69, 9.17) is 34.7 Å². The van der Waals surface area contributed by atoms with Gasteiger partial charge in [-0.3, -0.25) is 29.1 Å². The molecule has 0 spiro atoms. The van der Waals surface area contributed by atoms with Gasteiger partial charge in [-0.2, -0.15) is 30.6 Å². The molecule has 0 bridgehead atoms. The van der Waals surface area contributed by atoms with Gasteiger partial charge in [-0.05, 0) is 158 Å². The molecule has 0 saturated carbocycles. The van der Waals surface area contributed by atoms with Gasteiger partial charge in [0.15, 0.2) is 12.1 Å². The Balaban J connectivity index is 0.547. The van der Waals surface area contributed by atoms with Crippen LogP contribution >= 0.6 is 0 Å². The summed E-state index contributed by atoms with van der Waals surface area (Å²) in [6.45, 7) is 24.1. The summed E-state index contributed by atoms with van der Waals surface area (Å²) in [6, 6.07) is 29.6. The number of likely N-dealkylation sites (N-methyl/N-ethyl adjacent to an activating group) is 2. The molecule has 0 atom stereocenters. The molecular formula is C80H106N28O4+2. The van der Waals surface area contributed by atoms with Crippen molar-refractivity contribution in [2.24, 2.45) is 11.8 Å². The highest BCUT2D eigenvalue weighted by atomic mass is 16.7. The average molecular weight is 1520 g/mol. The lowest BCUT2D eigenvalue weighted by atomic mass is 9.94. The standard InChI is InChI=1S/C80H104N28O4/c1-80(2,106-50-48-102(49-51-106)64-20-14-59(15-21-64)84-71-68-65(52-83-93-74(68)109)87-77(90-71)104-32-24-57(22-28-81)25-33-104)55-112-108-54-67-70(76(111)95-108)73(91-78(89-67)103-30-8-6-7-9-31-103)86-61-12-18-63(19-13-61)101-46-42-99(43-47-101)39-37-97(5)56-107-53-66-69(75(110)94-107)72(92-79(88-66)105-34-26-58(23-29-82)27-35-105)85-60-10-16-62(17-11-60)100-44-40-98(41-45-100)38-36-96(3)4/h10-21,52-54,57-58H,6-9,22-27,30-51,55-56H2,1-5H3,(H4-2,84,85,86,87,88,89,90,91,92,93,94,95,109,110,111)/p+2. The molecule has 6 aliphatic heterocycles. The molecule has 6 fully saturated rings. The van der Waals surface area contributed by atoms with Crippen molar-refractivity contribution in [1.29, 1.82) is 10.5 Å². The van der Waals surface area contributed by atoms with E-state index in [0.29, 0.717) is 106 Å². The highest BCUT2D eigenvalue weighted by Crippen LogP contribution is 2.34. The highest BCUT2D eigenvalue weighted by molar-refractivity contribution is 5.92. The van der Waals surface area contributed by atoms with Crippen molar-refractivity contribution < 1.29 is 14.4 Å². The van der Waals surface area contributed by atoms with Crippen LogP contribution in [0.4, 0.5) is 69.4 Å². The normalized spacial score (nSPS) is 17.7. The molecule has 112 heavy (non-hydrogen) atoms. The number of nitrogens with one attached hydrogen (secondary N) is 6. The zero-order valence-electron chi connectivity index (χ0n) is 65.3. The van der Waals surface area contributed by atoms with Gasteiger partial charge in [0.05, 0.1) is 23.9 Å². The predicted octanol–water partition coefficient (Wildman–Crippen LogP) is 5.85. The minimum absolute atomic E-state index is 0.269. The maximum absolute atomic E-state index is 14.4. The number of fused-ring (bicyclic) bond motifs is 3. The van der Waals surface area contributed by atoms with E-state index in [-0.39, 0.29) is 16.7 Å². The molecule has 15 rings (SSSR count). The van der Waals surface area contributed by atoms with Crippen molar-refractivity contribution in [3.8, 4) is 12.1 Å². The molecule has 9 aromatic rings. The molecular weight excluding hydrogens is 1420 g/mol. The van der Waals surface area contributed by atoms with Gasteiger partial charge in [0, 0.05) is 191 Å². The number of hydrogen-bond donors (Lipinski definition) is 6. The molecule has 32 nitrogen and oxygen atoms in total. The van der Waals surface area contributed by atoms with Crippen LogP contribution < -0.4 is 76.4 Å². The third kappa shape index (κ3) is 18.3. The van der Waals surface area contributed by atoms with Crippen LogP contribution in [-0.4, -0.2) is 252 Å². The SMILES string of the molecule is CN(C)CCN1CCN(c2ccc(Nc3nc(N4CCC(CC#N)CC4)nc4c[n+](CN(C)CCN5CCN(c6ccc(Nc7nc(N8CCCCCC8)nc8c[n+](OCC(C)(C)N9CCN(c%10ccc(Nc%11nc(N%12CCC(CC#N)CC%12)nc%12cn[nH]c(=O)c%11%12)cc%10)CC9)[nH]c(=O)c78)cc6)CC5)[nH]c(=O)c34)cc2)CC1. The Morgan fingerprint density at radius 3 is 1.38 bits per heavy atom. The summed E-state index contributed by atoms with van der Waals surface area (Å²) in [6.07, 6.45) is 14.2. The third-order valence-corrected chi connectivity index (χ3v) is 23.2. The van der Waals surface area contributed by atoms with Crippen LogP contribution in [0.2, 0.25) is 0 Å². The Hall–Kier alpha value is -10.9. The number of piperazine rings is 3. The first-order chi connectivity index (χ1) is 54.5. The Morgan fingerprint density at radius 2 is 0.911 bits per heavy atom. The molecule has 6 aromatic heterocycles. The van der Waals surface area contributed by atoms with Gasteiger partial charge in [-0.15, -0.1) is 5.10 Å². The summed E-state index contributed by atoms with van der Waals surface area (Å²) >= 11 is 0.